The molecule has 120 valence electrons. The van der Waals surface area contributed by atoms with E-state index in [1.807, 2.05) is 6.20 Å². The van der Waals surface area contributed by atoms with Crippen molar-refractivity contribution in [2.75, 3.05) is 20.3 Å². The van der Waals surface area contributed by atoms with Crippen LogP contribution >= 0.6 is 0 Å². The number of nitrogens with one attached hydrogen (secondary N) is 1. The van der Waals surface area contributed by atoms with Crippen molar-refractivity contribution in [2.45, 2.75) is 58.6 Å². The zero-order valence-electron chi connectivity index (χ0n) is 13.9. The lowest BCUT2D eigenvalue weighted by atomic mass is 10.0. The van der Waals surface area contributed by atoms with Crippen molar-refractivity contribution in [1.82, 2.24) is 10.3 Å². The number of rotatable bonds is 11. The van der Waals surface area contributed by atoms with Gasteiger partial charge in [-0.05, 0) is 50.8 Å². The fraction of sp³-hybridized carbons (Fsp3) is 0.706. The van der Waals surface area contributed by atoms with Crippen LogP contribution in [0, 0.1) is 0 Å². The Bertz CT molecular complexity index is 385. The van der Waals surface area contributed by atoms with E-state index in [0.717, 1.165) is 44.6 Å². The Hall–Kier alpha value is -1.13. The molecule has 0 aromatic carbocycles. The molecule has 0 spiro atoms. The summed E-state index contributed by atoms with van der Waals surface area (Å²) in [5.74, 6) is 0.859. The molecule has 0 radical (unpaired) electrons. The minimum absolute atomic E-state index is 0.281. The molecule has 1 N–H and O–H groups in total. The molecule has 1 aromatic heterocycles. The average Bonchev–Trinajstić information content (AvgIpc) is 2.53. The minimum Gasteiger partial charge on any atom is -0.492 e. The van der Waals surface area contributed by atoms with Gasteiger partial charge in [-0.15, -0.1) is 0 Å². The van der Waals surface area contributed by atoms with Gasteiger partial charge in [0.25, 0.3) is 0 Å². The Kier molecular flexibility index (Phi) is 9.02. The predicted octanol–water partition coefficient (Wildman–Crippen LogP) is 3.73. The van der Waals surface area contributed by atoms with E-state index in [9.17, 15) is 0 Å². The Balaban J connectivity index is 2.71. The fourth-order valence-electron chi connectivity index (χ4n) is 2.15. The van der Waals surface area contributed by atoms with Crippen LogP contribution in [0.5, 0.6) is 5.75 Å². The zero-order chi connectivity index (χ0) is 15.5. The first kappa shape index (κ1) is 17.9. The molecular weight excluding hydrogens is 264 g/mol. The second-order valence-corrected chi connectivity index (χ2v) is 5.43. The zero-order valence-corrected chi connectivity index (χ0v) is 13.9. The molecule has 4 heteroatoms. The van der Waals surface area contributed by atoms with E-state index in [-0.39, 0.29) is 6.10 Å². The van der Waals surface area contributed by atoms with Gasteiger partial charge in [0.05, 0.1) is 18.9 Å². The van der Waals surface area contributed by atoms with Gasteiger partial charge in [-0.25, -0.2) is 0 Å². The average molecular weight is 294 g/mol. The summed E-state index contributed by atoms with van der Waals surface area (Å²) in [6.07, 6.45) is 8.19. The van der Waals surface area contributed by atoms with Gasteiger partial charge in [-0.2, -0.15) is 0 Å². The topological polar surface area (TPSA) is 43.4 Å². The molecule has 0 aliphatic carbocycles. The summed E-state index contributed by atoms with van der Waals surface area (Å²) in [6.45, 7) is 8.14. The number of hydrogen-bond donors (Lipinski definition) is 1. The summed E-state index contributed by atoms with van der Waals surface area (Å²) >= 11 is 0. The number of pyridine rings is 1. The molecule has 0 saturated carbocycles. The molecule has 1 heterocycles. The van der Waals surface area contributed by atoms with E-state index in [4.69, 9.17) is 9.47 Å². The molecule has 1 aromatic rings. The lowest BCUT2D eigenvalue weighted by Gasteiger charge is -2.21. The Morgan fingerprint density at radius 3 is 2.67 bits per heavy atom. The molecule has 0 fully saturated rings. The van der Waals surface area contributed by atoms with E-state index >= 15 is 0 Å². The van der Waals surface area contributed by atoms with Crippen LogP contribution in [0.2, 0.25) is 0 Å². The maximum absolute atomic E-state index is 5.68. The fourth-order valence-corrected chi connectivity index (χ4v) is 2.15. The van der Waals surface area contributed by atoms with E-state index in [0.29, 0.717) is 6.04 Å². The summed E-state index contributed by atoms with van der Waals surface area (Å²) in [5.41, 5.74) is 1.19. The normalized spacial score (nSPS) is 13.9. The molecule has 0 aliphatic heterocycles. The van der Waals surface area contributed by atoms with Crippen molar-refractivity contribution in [2.24, 2.45) is 0 Å². The molecule has 2 atom stereocenters. The smallest absolute Gasteiger partial charge is 0.137 e. The van der Waals surface area contributed by atoms with Gasteiger partial charge in [0.2, 0.25) is 0 Å². The molecule has 21 heavy (non-hydrogen) atoms. The second-order valence-electron chi connectivity index (χ2n) is 5.43. The Morgan fingerprint density at radius 1 is 1.19 bits per heavy atom. The standard InChI is InChI=1S/C17H30N2O2/c1-5-9-19-17(8-7-14(3)20-4)15-11-16(13-18-12-15)21-10-6-2/h11-14,17,19H,5-10H2,1-4H3. The van der Waals surface area contributed by atoms with Gasteiger partial charge in [0, 0.05) is 19.3 Å². The third-order valence-corrected chi connectivity index (χ3v) is 3.51. The Labute approximate surface area is 129 Å². The van der Waals surface area contributed by atoms with Gasteiger partial charge >= 0.3 is 0 Å². The van der Waals surface area contributed by atoms with Crippen LogP contribution in [-0.4, -0.2) is 31.3 Å². The van der Waals surface area contributed by atoms with Crippen LogP contribution in [0.15, 0.2) is 18.5 Å². The summed E-state index contributed by atoms with van der Waals surface area (Å²) in [5, 5.41) is 3.60. The highest BCUT2D eigenvalue weighted by Gasteiger charge is 2.13. The Morgan fingerprint density at radius 2 is 2.00 bits per heavy atom. The van der Waals surface area contributed by atoms with Crippen molar-refractivity contribution >= 4 is 0 Å². The highest BCUT2D eigenvalue weighted by atomic mass is 16.5. The van der Waals surface area contributed by atoms with Crippen LogP contribution in [0.25, 0.3) is 0 Å². The third-order valence-electron chi connectivity index (χ3n) is 3.51. The van der Waals surface area contributed by atoms with Crippen molar-refractivity contribution in [3.63, 3.8) is 0 Å². The van der Waals surface area contributed by atoms with Gasteiger partial charge in [0.1, 0.15) is 5.75 Å². The van der Waals surface area contributed by atoms with Crippen LogP contribution in [0.1, 0.15) is 58.1 Å². The summed E-state index contributed by atoms with van der Waals surface area (Å²) in [4.78, 5) is 4.32. The quantitative estimate of drug-likeness (QED) is 0.675. The van der Waals surface area contributed by atoms with Crippen molar-refractivity contribution in [3.8, 4) is 5.75 Å². The van der Waals surface area contributed by atoms with Gasteiger partial charge in [-0.3, -0.25) is 4.98 Å². The van der Waals surface area contributed by atoms with E-state index in [2.05, 4.69) is 37.1 Å². The molecule has 0 saturated heterocycles. The van der Waals surface area contributed by atoms with Gasteiger partial charge in [-0.1, -0.05) is 13.8 Å². The van der Waals surface area contributed by atoms with Crippen LogP contribution in [0.4, 0.5) is 0 Å². The molecule has 0 aliphatic rings. The first-order chi connectivity index (χ1) is 10.2. The summed E-state index contributed by atoms with van der Waals surface area (Å²) < 4.78 is 11.0. The van der Waals surface area contributed by atoms with Gasteiger partial charge in [0.15, 0.2) is 0 Å². The van der Waals surface area contributed by atoms with E-state index in [1.165, 1.54) is 5.56 Å². The second kappa shape index (κ2) is 10.6. The van der Waals surface area contributed by atoms with Crippen molar-refractivity contribution in [3.05, 3.63) is 24.0 Å². The largest absolute Gasteiger partial charge is 0.492 e. The molecular formula is C17H30N2O2. The molecule has 1 rings (SSSR count). The lowest BCUT2D eigenvalue weighted by Crippen LogP contribution is -2.23. The molecule has 0 amide bonds. The van der Waals surface area contributed by atoms with Crippen molar-refractivity contribution < 1.29 is 9.47 Å². The van der Waals surface area contributed by atoms with Crippen LogP contribution in [-0.2, 0) is 4.74 Å². The molecule has 4 nitrogen and oxygen atoms in total. The number of nitrogens with zero attached hydrogens (tertiary/aromatic N) is 1. The number of ether oxygens (including phenoxy) is 2. The highest BCUT2D eigenvalue weighted by Crippen LogP contribution is 2.23. The molecule has 2 unspecified atom stereocenters. The van der Waals surface area contributed by atoms with E-state index in [1.54, 1.807) is 13.3 Å². The number of methoxy groups -OCH3 is 1. The van der Waals surface area contributed by atoms with Gasteiger partial charge < -0.3 is 14.8 Å². The van der Waals surface area contributed by atoms with Crippen molar-refractivity contribution in [1.29, 1.82) is 0 Å². The minimum atomic E-state index is 0.281. The lowest BCUT2D eigenvalue weighted by molar-refractivity contribution is 0.106. The predicted molar refractivity (Wildman–Crippen MR) is 86.8 cm³/mol. The number of hydrogen-bond acceptors (Lipinski definition) is 4. The van der Waals surface area contributed by atoms with Crippen LogP contribution in [0.3, 0.4) is 0 Å². The maximum Gasteiger partial charge on any atom is 0.137 e. The SMILES string of the molecule is CCCNC(CCC(C)OC)c1cncc(OCCC)c1. The highest BCUT2D eigenvalue weighted by molar-refractivity contribution is 5.26. The molecule has 0 bridgehead atoms. The van der Waals surface area contributed by atoms with E-state index < -0.39 is 0 Å². The third kappa shape index (κ3) is 6.91. The summed E-state index contributed by atoms with van der Waals surface area (Å²) in [6, 6.07) is 2.41. The monoisotopic (exact) mass is 294 g/mol. The first-order valence-corrected chi connectivity index (χ1v) is 8.05. The maximum atomic E-state index is 5.68. The van der Waals surface area contributed by atoms with Crippen LogP contribution < -0.4 is 10.1 Å². The number of aromatic nitrogens is 1. The first-order valence-electron chi connectivity index (χ1n) is 8.05. The summed E-state index contributed by atoms with van der Waals surface area (Å²) in [7, 11) is 1.76.